The Balaban J connectivity index is 1.48. The monoisotopic (exact) mass is 442 g/mol. The maximum atomic E-state index is 13.3. The van der Waals surface area contributed by atoms with E-state index in [0.29, 0.717) is 35.1 Å². The number of nitrogens with one attached hydrogen (secondary N) is 1. The summed E-state index contributed by atoms with van der Waals surface area (Å²) in [5, 5.41) is 5.04. The standard InChI is InChI=1S/C22H19ClN2O4S/c1-29-20-11-10-19(17-4-2-3-5-18(17)20)24-21(26)22-12-14(22)13-25(30(22,27)28)16-8-6-15(23)7-9-16/h2-11,14H,12-13H2,1H3,(H,24,26). The molecule has 2 unspecified atom stereocenters. The lowest BCUT2D eigenvalue weighted by Gasteiger charge is -2.23. The van der Waals surface area contributed by atoms with Gasteiger partial charge in [-0.15, -0.1) is 0 Å². The summed E-state index contributed by atoms with van der Waals surface area (Å²) in [7, 11) is -2.26. The zero-order chi connectivity index (χ0) is 21.1. The van der Waals surface area contributed by atoms with E-state index in [9.17, 15) is 13.2 Å². The number of amides is 1. The van der Waals surface area contributed by atoms with Gasteiger partial charge < -0.3 is 10.1 Å². The number of anilines is 2. The molecule has 0 spiro atoms. The average Bonchev–Trinajstić information content (AvgIpc) is 3.44. The van der Waals surface area contributed by atoms with Crippen molar-refractivity contribution in [2.75, 3.05) is 23.3 Å². The molecule has 1 aliphatic heterocycles. The summed E-state index contributed by atoms with van der Waals surface area (Å²) in [6, 6.07) is 17.6. The largest absolute Gasteiger partial charge is 0.496 e. The van der Waals surface area contributed by atoms with Crippen LogP contribution in [0.3, 0.4) is 0 Å². The van der Waals surface area contributed by atoms with Crippen LogP contribution >= 0.6 is 11.6 Å². The zero-order valence-electron chi connectivity index (χ0n) is 16.1. The number of ether oxygens (including phenoxy) is 1. The summed E-state index contributed by atoms with van der Waals surface area (Å²) >= 11 is 5.92. The molecule has 6 nitrogen and oxygen atoms in total. The Bertz CT molecular complexity index is 1280. The van der Waals surface area contributed by atoms with Crippen LogP contribution in [0.2, 0.25) is 5.02 Å². The Labute approximate surface area is 179 Å². The number of fused-ring (bicyclic) bond motifs is 2. The lowest BCUT2D eigenvalue weighted by atomic mass is 10.1. The van der Waals surface area contributed by atoms with Gasteiger partial charge in [0.15, 0.2) is 4.75 Å². The van der Waals surface area contributed by atoms with Gasteiger partial charge in [-0.2, -0.15) is 0 Å². The molecule has 5 rings (SSSR count). The Morgan fingerprint density at radius 3 is 2.50 bits per heavy atom. The molecule has 154 valence electrons. The molecular formula is C22H19ClN2O4S. The van der Waals surface area contributed by atoms with Crippen molar-refractivity contribution in [3.05, 3.63) is 65.7 Å². The lowest BCUT2D eigenvalue weighted by molar-refractivity contribution is -0.116. The third-order valence-corrected chi connectivity index (χ3v) is 8.83. The number of rotatable bonds is 4. The molecule has 1 heterocycles. The maximum absolute atomic E-state index is 13.3. The van der Waals surface area contributed by atoms with E-state index in [2.05, 4.69) is 5.32 Å². The Kier molecular flexibility index (Phi) is 4.24. The fourth-order valence-corrected chi connectivity index (χ4v) is 6.85. The molecule has 1 aliphatic carbocycles. The molecular weight excluding hydrogens is 424 g/mol. The first-order valence-corrected chi connectivity index (χ1v) is 11.4. The van der Waals surface area contributed by atoms with Crippen LogP contribution in [0.25, 0.3) is 10.8 Å². The van der Waals surface area contributed by atoms with Gasteiger partial charge in [0, 0.05) is 33.9 Å². The minimum absolute atomic E-state index is 0.234. The van der Waals surface area contributed by atoms with Gasteiger partial charge in [0.05, 0.1) is 12.8 Å². The number of methoxy groups -OCH3 is 1. The van der Waals surface area contributed by atoms with Gasteiger partial charge >= 0.3 is 0 Å². The van der Waals surface area contributed by atoms with Crippen LogP contribution in [0.5, 0.6) is 5.75 Å². The highest BCUT2D eigenvalue weighted by Gasteiger charge is 2.75. The number of carbonyl (C=O) groups excluding carboxylic acids is 1. The van der Waals surface area contributed by atoms with Gasteiger partial charge in [-0.3, -0.25) is 9.10 Å². The van der Waals surface area contributed by atoms with Crippen molar-refractivity contribution in [1.82, 2.24) is 0 Å². The number of nitrogens with zero attached hydrogens (tertiary/aromatic N) is 1. The van der Waals surface area contributed by atoms with Crippen molar-refractivity contribution >= 4 is 49.7 Å². The molecule has 30 heavy (non-hydrogen) atoms. The molecule has 3 aromatic rings. The number of carbonyl (C=O) groups is 1. The number of sulfonamides is 1. The first kappa shape index (κ1) is 19.2. The molecule has 1 N–H and O–H groups in total. The van der Waals surface area contributed by atoms with Crippen LogP contribution in [0.15, 0.2) is 60.7 Å². The Morgan fingerprint density at radius 2 is 1.80 bits per heavy atom. The molecule has 1 amide bonds. The normalized spacial score (nSPS) is 23.8. The van der Waals surface area contributed by atoms with Crippen LogP contribution in [0, 0.1) is 5.92 Å². The lowest BCUT2D eigenvalue weighted by Crippen LogP contribution is -2.42. The van der Waals surface area contributed by atoms with Crippen LogP contribution in [0.1, 0.15) is 6.42 Å². The van der Waals surface area contributed by atoms with Crippen molar-refractivity contribution < 1.29 is 17.9 Å². The topological polar surface area (TPSA) is 75.7 Å². The highest BCUT2D eigenvalue weighted by atomic mass is 35.5. The third kappa shape index (κ3) is 2.62. The molecule has 2 atom stereocenters. The predicted octanol–water partition coefficient (Wildman–Crippen LogP) is 4.05. The van der Waals surface area contributed by atoms with E-state index in [1.807, 2.05) is 24.3 Å². The van der Waals surface area contributed by atoms with E-state index in [1.54, 1.807) is 43.5 Å². The summed E-state index contributed by atoms with van der Waals surface area (Å²) in [6.07, 6.45) is 0.333. The van der Waals surface area contributed by atoms with Crippen LogP contribution in [0.4, 0.5) is 11.4 Å². The highest BCUT2D eigenvalue weighted by Crippen LogP contribution is 2.58. The molecule has 0 bridgehead atoms. The molecule has 0 aromatic heterocycles. The van der Waals surface area contributed by atoms with Gasteiger partial charge in [-0.05, 0) is 42.8 Å². The van der Waals surface area contributed by atoms with E-state index in [0.717, 1.165) is 10.8 Å². The van der Waals surface area contributed by atoms with Gasteiger partial charge in [0.25, 0.3) is 0 Å². The molecule has 2 aliphatic rings. The van der Waals surface area contributed by atoms with Gasteiger partial charge in [-0.1, -0.05) is 35.9 Å². The van der Waals surface area contributed by atoms with E-state index in [1.165, 1.54) is 4.31 Å². The Hall–Kier alpha value is -2.77. The van der Waals surface area contributed by atoms with Gasteiger partial charge in [0.2, 0.25) is 15.9 Å². The summed E-state index contributed by atoms with van der Waals surface area (Å²) in [5.41, 5.74) is 1.09. The first-order chi connectivity index (χ1) is 14.4. The number of benzene rings is 3. The second-order valence-corrected chi connectivity index (χ2v) is 10.2. The fourth-order valence-electron chi connectivity index (χ4n) is 4.36. The average molecular weight is 443 g/mol. The summed E-state index contributed by atoms with van der Waals surface area (Å²) in [5.74, 6) is -0.0320. The van der Waals surface area contributed by atoms with Crippen molar-refractivity contribution in [3.8, 4) is 5.75 Å². The first-order valence-electron chi connectivity index (χ1n) is 9.53. The van der Waals surface area contributed by atoms with Crippen molar-refractivity contribution in [2.45, 2.75) is 11.2 Å². The summed E-state index contributed by atoms with van der Waals surface area (Å²) < 4.78 is 32.0. The minimum Gasteiger partial charge on any atom is -0.496 e. The number of hydrogen-bond acceptors (Lipinski definition) is 4. The second kappa shape index (κ2) is 6.62. The summed E-state index contributed by atoms with van der Waals surface area (Å²) in [4.78, 5) is 13.3. The SMILES string of the molecule is COc1ccc(NC(=O)C23CC2CN(c2ccc(Cl)cc2)S3(=O)=O)c2ccccc12. The van der Waals surface area contributed by atoms with E-state index in [4.69, 9.17) is 16.3 Å². The van der Waals surface area contributed by atoms with E-state index >= 15 is 0 Å². The van der Waals surface area contributed by atoms with Crippen LogP contribution < -0.4 is 14.4 Å². The molecule has 3 aromatic carbocycles. The maximum Gasteiger partial charge on any atom is 0.250 e. The number of halogens is 1. The van der Waals surface area contributed by atoms with Crippen molar-refractivity contribution in [3.63, 3.8) is 0 Å². The van der Waals surface area contributed by atoms with Crippen LogP contribution in [-0.4, -0.2) is 32.7 Å². The smallest absolute Gasteiger partial charge is 0.250 e. The summed E-state index contributed by atoms with van der Waals surface area (Å²) in [6.45, 7) is 0.292. The van der Waals surface area contributed by atoms with Crippen molar-refractivity contribution in [2.24, 2.45) is 5.92 Å². The molecule has 1 saturated heterocycles. The highest BCUT2D eigenvalue weighted by molar-refractivity contribution is 7.95. The van der Waals surface area contributed by atoms with E-state index < -0.39 is 20.7 Å². The Morgan fingerprint density at radius 1 is 1.10 bits per heavy atom. The molecule has 1 saturated carbocycles. The van der Waals surface area contributed by atoms with Crippen LogP contribution in [-0.2, 0) is 14.8 Å². The van der Waals surface area contributed by atoms with Crippen molar-refractivity contribution in [1.29, 1.82) is 0 Å². The predicted molar refractivity (Wildman–Crippen MR) is 118 cm³/mol. The number of hydrogen-bond donors (Lipinski definition) is 1. The van der Waals surface area contributed by atoms with E-state index in [-0.39, 0.29) is 5.92 Å². The van der Waals surface area contributed by atoms with Gasteiger partial charge in [-0.25, -0.2) is 8.42 Å². The quantitative estimate of drug-likeness (QED) is 0.661. The minimum atomic E-state index is -3.85. The zero-order valence-corrected chi connectivity index (χ0v) is 17.7. The molecule has 8 heteroatoms. The fraction of sp³-hybridized carbons (Fsp3) is 0.227. The van der Waals surface area contributed by atoms with Gasteiger partial charge in [0.1, 0.15) is 5.75 Å². The molecule has 2 fully saturated rings. The second-order valence-electron chi connectivity index (χ2n) is 7.62. The third-order valence-electron chi connectivity index (χ3n) is 6.04. The molecule has 0 radical (unpaired) electrons.